The molecule has 0 unspecified atom stereocenters. The number of carbonyl (C=O) groups is 2. The van der Waals surface area contributed by atoms with Crippen molar-refractivity contribution in [1.82, 2.24) is 10.2 Å². The fraction of sp³-hybridized carbons (Fsp3) is 0.333. The quantitative estimate of drug-likeness (QED) is 0.160. The molecule has 0 saturated heterocycles. The summed E-state index contributed by atoms with van der Waals surface area (Å²) < 4.78 is 29.9. The number of carbonyl (C=O) groups excluding carboxylic acids is 2. The van der Waals surface area contributed by atoms with Crippen molar-refractivity contribution in [1.29, 1.82) is 0 Å². The van der Waals surface area contributed by atoms with E-state index in [1.54, 1.807) is 48.5 Å². The summed E-state index contributed by atoms with van der Waals surface area (Å²) in [7, 11) is -4.20. The van der Waals surface area contributed by atoms with Crippen molar-refractivity contribution in [3.63, 3.8) is 0 Å². The highest BCUT2D eigenvalue weighted by Gasteiger charge is 2.36. The first-order valence-electron chi connectivity index (χ1n) is 16.7. The first kappa shape index (κ1) is 36.4. The predicted molar refractivity (Wildman–Crippen MR) is 198 cm³/mol. The van der Waals surface area contributed by atoms with Crippen molar-refractivity contribution >= 4 is 50.7 Å². The molecule has 258 valence electrons. The Morgan fingerprint density at radius 2 is 1.47 bits per heavy atom. The molecule has 5 rings (SSSR count). The van der Waals surface area contributed by atoms with Gasteiger partial charge in [0, 0.05) is 19.0 Å². The molecule has 4 aromatic carbocycles. The van der Waals surface area contributed by atoms with Crippen LogP contribution in [0.2, 0.25) is 10.0 Å². The van der Waals surface area contributed by atoms with Crippen LogP contribution in [0.5, 0.6) is 0 Å². The molecule has 10 heteroatoms. The first-order valence-corrected chi connectivity index (χ1v) is 18.9. The number of halogens is 2. The minimum absolute atomic E-state index is 0.00933. The van der Waals surface area contributed by atoms with E-state index >= 15 is 0 Å². The van der Waals surface area contributed by atoms with Crippen LogP contribution in [-0.2, 0) is 32.6 Å². The monoisotopic (exact) mass is 719 g/mol. The number of rotatable bonds is 12. The van der Waals surface area contributed by atoms with Crippen LogP contribution in [0.4, 0.5) is 5.69 Å². The van der Waals surface area contributed by atoms with Gasteiger partial charge in [-0.1, -0.05) is 114 Å². The molecule has 0 heterocycles. The largest absolute Gasteiger partial charge is 0.352 e. The van der Waals surface area contributed by atoms with Crippen molar-refractivity contribution in [2.24, 2.45) is 0 Å². The summed E-state index contributed by atoms with van der Waals surface area (Å²) in [4.78, 5) is 30.6. The number of amides is 2. The second-order valence-electron chi connectivity index (χ2n) is 12.9. The maximum atomic E-state index is 14.8. The summed E-state index contributed by atoms with van der Waals surface area (Å²) in [5.41, 5.74) is 4.50. The Balaban J connectivity index is 1.59. The average molecular weight is 721 g/mol. The molecular weight excluding hydrogens is 677 g/mol. The molecule has 1 atom stereocenters. The maximum Gasteiger partial charge on any atom is 0.264 e. The van der Waals surface area contributed by atoms with Crippen LogP contribution in [0.3, 0.4) is 0 Å². The normalized spacial score (nSPS) is 14.2. The van der Waals surface area contributed by atoms with Crippen LogP contribution in [-0.4, -0.2) is 43.8 Å². The Labute approximate surface area is 300 Å². The van der Waals surface area contributed by atoms with E-state index in [4.69, 9.17) is 23.2 Å². The van der Waals surface area contributed by atoms with Crippen molar-refractivity contribution in [2.75, 3.05) is 10.8 Å². The van der Waals surface area contributed by atoms with Crippen LogP contribution in [0.25, 0.3) is 0 Å². The Bertz CT molecular complexity index is 1880. The van der Waals surface area contributed by atoms with Crippen LogP contribution in [0, 0.1) is 20.8 Å². The van der Waals surface area contributed by atoms with Gasteiger partial charge >= 0.3 is 0 Å². The Hall–Kier alpha value is -3.85. The smallest absolute Gasteiger partial charge is 0.264 e. The van der Waals surface area contributed by atoms with E-state index in [1.807, 2.05) is 63.2 Å². The van der Waals surface area contributed by atoms with Crippen LogP contribution in [0.15, 0.2) is 95.9 Å². The summed E-state index contributed by atoms with van der Waals surface area (Å²) in [5.74, 6) is -0.801. The second-order valence-corrected chi connectivity index (χ2v) is 15.6. The van der Waals surface area contributed by atoms with Gasteiger partial charge in [-0.25, -0.2) is 8.42 Å². The van der Waals surface area contributed by atoms with E-state index in [0.29, 0.717) is 26.9 Å². The third kappa shape index (κ3) is 9.24. The Morgan fingerprint density at radius 3 is 2.12 bits per heavy atom. The van der Waals surface area contributed by atoms with Gasteiger partial charge in [0.15, 0.2) is 0 Å². The lowest BCUT2D eigenvalue weighted by molar-refractivity contribution is -0.140. The van der Waals surface area contributed by atoms with Gasteiger partial charge in [0.2, 0.25) is 11.8 Å². The SMILES string of the molecule is Cc1ccc(S(=O)(=O)N(CC(=O)N(Cc2ccc(Cl)c(Cl)c2)[C@@H](Cc2ccccc2)C(=O)NC2CCCCC2)c2ccc(C)cc2C)cc1. The number of benzene rings is 4. The molecule has 0 spiro atoms. The molecule has 7 nitrogen and oxygen atoms in total. The van der Waals surface area contributed by atoms with Crippen molar-refractivity contribution in [2.45, 2.75) is 82.8 Å². The number of nitrogens with zero attached hydrogens (tertiary/aromatic N) is 2. The van der Waals surface area contributed by atoms with Crippen LogP contribution >= 0.6 is 23.2 Å². The highest BCUT2D eigenvalue weighted by Crippen LogP contribution is 2.30. The fourth-order valence-corrected chi connectivity index (χ4v) is 8.17. The number of hydrogen-bond acceptors (Lipinski definition) is 4. The zero-order chi connectivity index (χ0) is 35.1. The molecular formula is C39H43Cl2N3O4S. The second kappa shape index (κ2) is 16.2. The van der Waals surface area contributed by atoms with Gasteiger partial charge in [-0.3, -0.25) is 13.9 Å². The van der Waals surface area contributed by atoms with Crippen molar-refractivity contribution in [3.05, 3.63) is 129 Å². The predicted octanol–water partition coefficient (Wildman–Crippen LogP) is 8.20. The summed E-state index contributed by atoms with van der Waals surface area (Å²) in [6, 6.07) is 25.7. The number of hydrogen-bond donors (Lipinski definition) is 1. The van der Waals surface area contributed by atoms with E-state index in [9.17, 15) is 18.0 Å². The zero-order valence-electron chi connectivity index (χ0n) is 28.2. The highest BCUT2D eigenvalue weighted by molar-refractivity contribution is 7.92. The molecule has 0 aliphatic heterocycles. The first-order chi connectivity index (χ1) is 23.4. The van der Waals surface area contributed by atoms with Gasteiger partial charge in [-0.15, -0.1) is 0 Å². The molecule has 0 bridgehead atoms. The number of sulfonamides is 1. The molecule has 0 radical (unpaired) electrons. The standard InChI is InChI=1S/C39H43Cl2N3O4S/c1-27-14-18-33(19-15-27)49(47,48)44(36-21-16-28(2)22-29(36)3)26-38(45)43(25-31-17-20-34(40)35(41)23-31)37(24-30-10-6-4-7-11-30)39(46)42-32-12-8-5-9-13-32/h4,6-7,10-11,14-23,32,37H,5,8-9,12-13,24-26H2,1-3H3,(H,42,46)/t37-/m0/s1. The number of nitrogens with one attached hydrogen (secondary N) is 1. The number of aryl methyl sites for hydroxylation is 3. The van der Waals surface area contributed by atoms with E-state index in [0.717, 1.165) is 53.1 Å². The molecule has 2 amide bonds. The molecule has 49 heavy (non-hydrogen) atoms. The van der Waals surface area contributed by atoms with Crippen LogP contribution in [0.1, 0.15) is 59.9 Å². The van der Waals surface area contributed by atoms with Crippen molar-refractivity contribution < 1.29 is 18.0 Å². The van der Waals surface area contributed by atoms with E-state index in [-0.39, 0.29) is 29.8 Å². The molecule has 1 aliphatic carbocycles. The molecule has 1 fully saturated rings. The molecule has 4 aromatic rings. The van der Waals surface area contributed by atoms with E-state index in [2.05, 4.69) is 5.32 Å². The maximum absolute atomic E-state index is 14.8. The molecule has 0 aromatic heterocycles. The number of anilines is 1. The minimum Gasteiger partial charge on any atom is -0.352 e. The summed E-state index contributed by atoms with van der Waals surface area (Å²) in [6.07, 6.45) is 5.18. The van der Waals surface area contributed by atoms with Crippen LogP contribution < -0.4 is 9.62 Å². The van der Waals surface area contributed by atoms with E-state index in [1.165, 1.54) is 4.90 Å². The zero-order valence-corrected chi connectivity index (χ0v) is 30.5. The lowest BCUT2D eigenvalue weighted by atomic mass is 9.94. The molecule has 1 aliphatic rings. The molecule has 1 saturated carbocycles. The third-order valence-electron chi connectivity index (χ3n) is 9.07. The summed E-state index contributed by atoms with van der Waals surface area (Å²) in [5, 5.41) is 3.91. The van der Waals surface area contributed by atoms with E-state index < -0.39 is 28.5 Å². The van der Waals surface area contributed by atoms with Gasteiger partial charge in [0.1, 0.15) is 12.6 Å². The lowest BCUT2D eigenvalue weighted by Crippen LogP contribution is -2.55. The fourth-order valence-electron chi connectivity index (χ4n) is 6.37. The topological polar surface area (TPSA) is 86.8 Å². The van der Waals surface area contributed by atoms with Gasteiger partial charge in [-0.05, 0) is 80.6 Å². The minimum atomic E-state index is -4.20. The van der Waals surface area contributed by atoms with Gasteiger partial charge in [0.25, 0.3) is 10.0 Å². The Kier molecular flexibility index (Phi) is 12.1. The third-order valence-corrected chi connectivity index (χ3v) is 11.6. The van der Waals surface area contributed by atoms with Gasteiger partial charge in [0.05, 0.1) is 20.6 Å². The summed E-state index contributed by atoms with van der Waals surface area (Å²) >= 11 is 12.6. The lowest BCUT2D eigenvalue weighted by Gasteiger charge is -2.35. The average Bonchev–Trinajstić information content (AvgIpc) is 3.08. The van der Waals surface area contributed by atoms with Gasteiger partial charge in [-0.2, -0.15) is 0 Å². The molecule has 1 N–H and O–H groups in total. The summed E-state index contributed by atoms with van der Waals surface area (Å²) in [6.45, 7) is 5.13. The van der Waals surface area contributed by atoms with Crippen molar-refractivity contribution in [3.8, 4) is 0 Å². The Morgan fingerprint density at radius 1 is 0.796 bits per heavy atom. The highest BCUT2D eigenvalue weighted by atomic mass is 35.5. The van der Waals surface area contributed by atoms with Gasteiger partial charge < -0.3 is 10.2 Å².